The number of hydrogen-bond donors (Lipinski definition) is 0. The second-order valence-electron chi connectivity index (χ2n) is 7.92. The number of ketones is 1. The van der Waals surface area contributed by atoms with Crippen LogP contribution < -0.4 is 4.74 Å². The van der Waals surface area contributed by atoms with Crippen molar-refractivity contribution in [2.24, 2.45) is 5.92 Å². The lowest BCUT2D eigenvalue weighted by atomic mass is 10.1. The zero-order valence-electron chi connectivity index (χ0n) is 18.5. The number of esters is 1. The lowest BCUT2D eigenvalue weighted by Crippen LogP contribution is -2.28. The number of hydrogen-bond acceptors (Lipinski definition) is 6. The Morgan fingerprint density at radius 3 is 2.59 bits per heavy atom. The highest BCUT2D eigenvalue weighted by molar-refractivity contribution is 5.99. The minimum atomic E-state index is -0.608. The van der Waals surface area contributed by atoms with Gasteiger partial charge in [-0.2, -0.15) is 0 Å². The smallest absolute Gasteiger partial charge is 0.335 e. The number of carbonyl (C=O) groups is 2. The van der Waals surface area contributed by atoms with Gasteiger partial charge in [0.1, 0.15) is 23.7 Å². The van der Waals surface area contributed by atoms with Gasteiger partial charge in [0.15, 0.2) is 11.9 Å². The normalized spacial score (nSPS) is 14.3. The number of methoxy groups -OCH3 is 1. The van der Waals surface area contributed by atoms with Gasteiger partial charge in [-0.15, -0.1) is 0 Å². The number of benzene rings is 1. The summed E-state index contributed by atoms with van der Waals surface area (Å²) in [6.45, 7) is 3.38. The van der Waals surface area contributed by atoms with Crippen molar-refractivity contribution in [1.82, 2.24) is 9.55 Å². The van der Waals surface area contributed by atoms with Gasteiger partial charge in [0.25, 0.3) is 0 Å². The zero-order chi connectivity index (χ0) is 22.5. The van der Waals surface area contributed by atoms with Crippen molar-refractivity contribution >= 4 is 22.8 Å². The summed E-state index contributed by atoms with van der Waals surface area (Å²) in [5, 5.41) is 1.01. The maximum Gasteiger partial charge on any atom is 0.335 e. The number of nitrogens with zero attached hydrogens (tertiary/aromatic N) is 2. The van der Waals surface area contributed by atoms with Crippen molar-refractivity contribution in [3.05, 3.63) is 59.9 Å². The average molecular weight is 437 g/mol. The highest BCUT2D eigenvalue weighted by Gasteiger charge is 2.31. The highest BCUT2D eigenvalue weighted by Crippen LogP contribution is 2.32. The quantitative estimate of drug-likeness (QED) is 0.336. The summed E-state index contributed by atoms with van der Waals surface area (Å²) < 4.78 is 18.2. The van der Waals surface area contributed by atoms with Crippen molar-refractivity contribution in [2.75, 3.05) is 20.3 Å². The fourth-order valence-electron chi connectivity index (χ4n) is 3.67. The van der Waals surface area contributed by atoms with E-state index in [1.807, 2.05) is 60.2 Å². The number of Topliss-reactive ketones (excluding diaryl/α,β-unsaturated/α-hetero) is 1. The zero-order valence-corrected chi connectivity index (χ0v) is 18.5. The Kier molecular flexibility index (Phi) is 6.85. The van der Waals surface area contributed by atoms with Gasteiger partial charge < -0.3 is 18.8 Å². The van der Waals surface area contributed by atoms with Gasteiger partial charge in [0, 0.05) is 30.5 Å². The molecule has 1 aliphatic carbocycles. The third kappa shape index (κ3) is 5.16. The highest BCUT2D eigenvalue weighted by atomic mass is 16.6. The van der Waals surface area contributed by atoms with Crippen LogP contribution in [0.5, 0.6) is 5.75 Å². The summed E-state index contributed by atoms with van der Waals surface area (Å²) >= 11 is 0. The molecular formula is C25H28N2O5. The molecule has 0 bridgehead atoms. The molecule has 1 saturated carbocycles. The second-order valence-corrected chi connectivity index (χ2v) is 7.92. The molecule has 1 aliphatic rings. The molecule has 3 aromatic rings. The Balaban J connectivity index is 1.34. The molecule has 168 valence electrons. The molecule has 1 atom stereocenters. The van der Waals surface area contributed by atoms with E-state index in [4.69, 9.17) is 14.2 Å². The molecule has 2 aromatic heterocycles. The number of ether oxygens (including phenoxy) is 3. The molecule has 1 fully saturated rings. The van der Waals surface area contributed by atoms with Gasteiger partial charge in [-0.1, -0.05) is 12.1 Å². The first-order valence-corrected chi connectivity index (χ1v) is 11.0. The molecule has 0 N–H and O–H groups in total. The van der Waals surface area contributed by atoms with Gasteiger partial charge in [0.05, 0.1) is 13.7 Å². The second kappa shape index (κ2) is 9.96. The lowest BCUT2D eigenvalue weighted by molar-refractivity contribution is -0.153. The van der Waals surface area contributed by atoms with Crippen LogP contribution in [0.1, 0.15) is 35.8 Å². The molecule has 2 heterocycles. The van der Waals surface area contributed by atoms with Crippen molar-refractivity contribution in [2.45, 2.75) is 38.8 Å². The van der Waals surface area contributed by atoms with E-state index in [1.165, 1.54) is 7.11 Å². The van der Waals surface area contributed by atoms with E-state index >= 15 is 0 Å². The van der Waals surface area contributed by atoms with Gasteiger partial charge >= 0.3 is 5.97 Å². The Morgan fingerprint density at radius 1 is 1.12 bits per heavy atom. The Morgan fingerprint density at radius 2 is 1.91 bits per heavy atom. The van der Waals surface area contributed by atoms with Crippen molar-refractivity contribution < 1.29 is 23.8 Å². The maximum absolute atomic E-state index is 12.3. The Hall–Kier alpha value is -3.19. The monoisotopic (exact) mass is 436 g/mol. The van der Waals surface area contributed by atoms with E-state index in [0.29, 0.717) is 31.9 Å². The predicted molar refractivity (Wildman–Crippen MR) is 120 cm³/mol. The summed E-state index contributed by atoms with van der Waals surface area (Å²) in [5.41, 5.74) is 2.32. The first-order chi connectivity index (χ1) is 15.6. The van der Waals surface area contributed by atoms with E-state index < -0.39 is 6.10 Å². The fraction of sp³-hybridized carbons (Fsp3) is 0.400. The molecule has 0 amide bonds. The van der Waals surface area contributed by atoms with Crippen LogP contribution in [0.3, 0.4) is 0 Å². The van der Waals surface area contributed by atoms with Crippen LogP contribution in [0, 0.1) is 5.92 Å². The molecule has 7 heteroatoms. The van der Waals surface area contributed by atoms with E-state index in [-0.39, 0.29) is 17.7 Å². The van der Waals surface area contributed by atoms with Crippen molar-refractivity contribution in [3.8, 4) is 5.75 Å². The average Bonchev–Trinajstić information content (AvgIpc) is 3.59. The number of fused-ring (bicyclic) bond motifs is 1. The third-order valence-electron chi connectivity index (χ3n) is 5.59. The van der Waals surface area contributed by atoms with Gasteiger partial charge in [-0.3, -0.25) is 4.79 Å². The van der Waals surface area contributed by atoms with Crippen molar-refractivity contribution in [3.63, 3.8) is 0 Å². The molecule has 32 heavy (non-hydrogen) atoms. The van der Waals surface area contributed by atoms with Crippen LogP contribution in [0.4, 0.5) is 0 Å². The molecule has 1 aromatic carbocycles. The first kappa shape index (κ1) is 22.0. The largest absolute Gasteiger partial charge is 0.492 e. The summed E-state index contributed by atoms with van der Waals surface area (Å²) in [6, 6.07) is 13.4. The van der Waals surface area contributed by atoms with Crippen LogP contribution in [0.2, 0.25) is 0 Å². The SMILES string of the molecule is CCOC(Cc1ccc(OCCn2ccc3ccc(C(=O)C4CC4)nc32)cc1)C(=O)OC. The third-order valence-corrected chi connectivity index (χ3v) is 5.59. The topological polar surface area (TPSA) is 79.7 Å². The summed E-state index contributed by atoms with van der Waals surface area (Å²) in [7, 11) is 1.36. The number of pyridine rings is 1. The Bertz CT molecular complexity index is 1090. The minimum absolute atomic E-state index is 0.148. The molecule has 0 aliphatic heterocycles. The number of rotatable bonds is 11. The fourth-order valence-corrected chi connectivity index (χ4v) is 3.67. The number of carbonyl (C=O) groups excluding carboxylic acids is 2. The van der Waals surface area contributed by atoms with Crippen LogP contribution in [0.25, 0.3) is 11.0 Å². The van der Waals surface area contributed by atoms with Gasteiger partial charge in [0.2, 0.25) is 0 Å². The predicted octanol–water partition coefficient (Wildman–Crippen LogP) is 3.83. The standard InChI is InChI=1S/C25H28N2O5/c1-3-31-22(25(29)30-2)16-17-4-9-20(10-5-17)32-15-14-27-13-12-19-8-11-21(26-24(19)27)23(28)18-6-7-18/h4-5,8-13,18,22H,3,6-7,14-16H2,1-2H3. The minimum Gasteiger partial charge on any atom is -0.492 e. The molecular weight excluding hydrogens is 408 g/mol. The van der Waals surface area contributed by atoms with E-state index in [1.54, 1.807) is 0 Å². The van der Waals surface area contributed by atoms with Gasteiger partial charge in [-0.25, -0.2) is 9.78 Å². The van der Waals surface area contributed by atoms with E-state index in [9.17, 15) is 9.59 Å². The van der Waals surface area contributed by atoms with E-state index in [0.717, 1.165) is 35.2 Å². The lowest BCUT2D eigenvalue weighted by Gasteiger charge is -2.15. The molecule has 0 saturated heterocycles. The Labute approximate surface area is 187 Å². The molecule has 1 unspecified atom stereocenters. The summed E-state index contributed by atoms with van der Waals surface area (Å²) in [5.74, 6) is 0.677. The van der Waals surface area contributed by atoms with Crippen molar-refractivity contribution in [1.29, 1.82) is 0 Å². The van der Waals surface area contributed by atoms with Gasteiger partial charge in [-0.05, 0) is 55.7 Å². The molecule has 4 rings (SSSR count). The van der Waals surface area contributed by atoms with Crippen LogP contribution >= 0.6 is 0 Å². The van der Waals surface area contributed by atoms with E-state index in [2.05, 4.69) is 4.98 Å². The molecule has 0 radical (unpaired) electrons. The number of aromatic nitrogens is 2. The van der Waals surface area contributed by atoms with Crippen LogP contribution in [-0.4, -0.2) is 47.7 Å². The molecule has 7 nitrogen and oxygen atoms in total. The summed E-state index contributed by atoms with van der Waals surface area (Å²) in [6.07, 6.45) is 3.75. The maximum atomic E-state index is 12.3. The first-order valence-electron chi connectivity index (χ1n) is 11.0. The summed E-state index contributed by atoms with van der Waals surface area (Å²) in [4.78, 5) is 28.8. The van der Waals surface area contributed by atoms with Crippen LogP contribution in [0.15, 0.2) is 48.7 Å². The van der Waals surface area contributed by atoms with Crippen LogP contribution in [-0.2, 0) is 27.2 Å². The molecule has 0 spiro atoms.